The third-order valence-electron chi connectivity index (χ3n) is 5.80. The van der Waals surface area contributed by atoms with Crippen LogP contribution in [0.5, 0.6) is 0 Å². The van der Waals surface area contributed by atoms with Crippen molar-refractivity contribution in [3.8, 4) is 0 Å². The zero-order chi connectivity index (χ0) is 21.2. The molecule has 0 amide bonds. The molecule has 1 atom stereocenters. The van der Waals surface area contributed by atoms with Gasteiger partial charge in [0.1, 0.15) is 0 Å². The van der Waals surface area contributed by atoms with Gasteiger partial charge in [-0.2, -0.15) is 0 Å². The highest BCUT2D eigenvalue weighted by Crippen LogP contribution is 2.44. The van der Waals surface area contributed by atoms with E-state index in [-0.39, 0.29) is 11.5 Å². The summed E-state index contributed by atoms with van der Waals surface area (Å²) in [7, 11) is 0. The number of aliphatic imine (C=N–C) groups is 1. The number of nitrogens with zero attached hydrogens (tertiary/aromatic N) is 2. The lowest BCUT2D eigenvalue weighted by atomic mass is 9.79. The van der Waals surface area contributed by atoms with Gasteiger partial charge in [-0.15, -0.1) is 0 Å². The molecule has 0 aliphatic carbocycles. The number of ether oxygens (including phenoxy) is 1. The second-order valence-corrected chi connectivity index (χ2v) is 8.46. The van der Waals surface area contributed by atoms with Gasteiger partial charge < -0.3 is 9.64 Å². The van der Waals surface area contributed by atoms with Gasteiger partial charge in [0.05, 0.1) is 17.9 Å². The third kappa shape index (κ3) is 4.36. The maximum atomic E-state index is 12.0. The van der Waals surface area contributed by atoms with Crippen molar-refractivity contribution >= 4 is 23.6 Å². The molecule has 0 fully saturated rings. The average molecular weight is 393 g/mol. The topological polar surface area (TPSA) is 41.9 Å². The zero-order valence-corrected chi connectivity index (χ0v) is 18.5. The first kappa shape index (κ1) is 21.1. The number of aryl methyl sites for hydroxylation is 1. The normalized spacial score (nSPS) is 18.0. The Morgan fingerprint density at radius 1 is 1.28 bits per heavy atom. The van der Waals surface area contributed by atoms with E-state index >= 15 is 0 Å². The highest BCUT2D eigenvalue weighted by Gasteiger charge is 2.35. The minimum atomic E-state index is -0.314. The SMILES string of the molecule is CCOC(=O)c1cccc(N=Cc2cc3c(cc2C)N(CC)C(C)(C)CC3C)c1. The van der Waals surface area contributed by atoms with E-state index in [4.69, 9.17) is 4.74 Å². The molecule has 0 aromatic heterocycles. The molecule has 0 saturated carbocycles. The monoisotopic (exact) mass is 392 g/mol. The number of fused-ring (bicyclic) bond motifs is 1. The first-order valence-corrected chi connectivity index (χ1v) is 10.5. The molecular weight excluding hydrogens is 360 g/mol. The Balaban J connectivity index is 1.93. The molecule has 0 saturated heterocycles. The first-order chi connectivity index (χ1) is 13.8. The van der Waals surface area contributed by atoms with Gasteiger partial charge in [0.2, 0.25) is 0 Å². The molecule has 1 aliphatic rings. The van der Waals surface area contributed by atoms with Gasteiger partial charge in [-0.1, -0.05) is 13.0 Å². The molecule has 0 bridgehead atoms. The van der Waals surface area contributed by atoms with Crippen molar-refractivity contribution in [2.75, 3.05) is 18.1 Å². The van der Waals surface area contributed by atoms with Gasteiger partial charge in [0.15, 0.2) is 0 Å². The van der Waals surface area contributed by atoms with Gasteiger partial charge in [-0.3, -0.25) is 4.99 Å². The first-order valence-electron chi connectivity index (χ1n) is 10.5. The molecular formula is C25H32N2O2. The van der Waals surface area contributed by atoms with E-state index in [1.165, 1.54) is 16.8 Å². The van der Waals surface area contributed by atoms with E-state index < -0.39 is 0 Å². The number of carbonyl (C=O) groups is 1. The summed E-state index contributed by atoms with van der Waals surface area (Å²) in [5.74, 6) is 0.188. The van der Waals surface area contributed by atoms with E-state index in [1.807, 2.05) is 18.3 Å². The average Bonchev–Trinajstić information content (AvgIpc) is 2.67. The number of rotatable bonds is 5. The lowest BCUT2D eigenvalue weighted by Gasteiger charge is -2.47. The molecule has 3 rings (SSSR count). The van der Waals surface area contributed by atoms with Crippen molar-refractivity contribution in [3.63, 3.8) is 0 Å². The van der Waals surface area contributed by atoms with Crippen molar-refractivity contribution < 1.29 is 9.53 Å². The quantitative estimate of drug-likeness (QED) is 0.460. The lowest BCUT2D eigenvalue weighted by molar-refractivity contribution is 0.0526. The van der Waals surface area contributed by atoms with Crippen LogP contribution in [0.1, 0.15) is 74.0 Å². The number of esters is 1. The van der Waals surface area contributed by atoms with Gasteiger partial charge in [0, 0.05) is 24.0 Å². The van der Waals surface area contributed by atoms with E-state index in [9.17, 15) is 4.79 Å². The lowest BCUT2D eigenvalue weighted by Crippen LogP contribution is -2.48. The van der Waals surface area contributed by atoms with E-state index in [2.05, 4.69) is 56.6 Å². The van der Waals surface area contributed by atoms with Crippen LogP contribution in [0.3, 0.4) is 0 Å². The summed E-state index contributed by atoms with van der Waals surface area (Å²) in [6.45, 7) is 14.5. The maximum Gasteiger partial charge on any atom is 0.338 e. The van der Waals surface area contributed by atoms with Crippen LogP contribution in [0.25, 0.3) is 0 Å². The molecule has 0 spiro atoms. The number of hydrogen-bond donors (Lipinski definition) is 0. The Morgan fingerprint density at radius 2 is 2.03 bits per heavy atom. The molecule has 2 aromatic rings. The van der Waals surface area contributed by atoms with Gasteiger partial charge in [-0.25, -0.2) is 4.79 Å². The molecule has 29 heavy (non-hydrogen) atoms. The molecule has 4 heteroatoms. The van der Waals surface area contributed by atoms with Crippen LogP contribution in [0, 0.1) is 6.92 Å². The third-order valence-corrected chi connectivity index (χ3v) is 5.80. The molecule has 2 aromatic carbocycles. The number of anilines is 1. The van der Waals surface area contributed by atoms with Crippen LogP contribution >= 0.6 is 0 Å². The van der Waals surface area contributed by atoms with Crippen molar-refractivity contribution in [3.05, 3.63) is 58.7 Å². The maximum absolute atomic E-state index is 12.0. The molecule has 1 unspecified atom stereocenters. The van der Waals surface area contributed by atoms with Crippen LogP contribution in [-0.4, -0.2) is 30.9 Å². The van der Waals surface area contributed by atoms with Crippen molar-refractivity contribution in [1.82, 2.24) is 0 Å². The minimum Gasteiger partial charge on any atom is -0.462 e. The van der Waals surface area contributed by atoms with Crippen molar-refractivity contribution in [2.24, 2.45) is 4.99 Å². The number of carbonyl (C=O) groups excluding carboxylic acids is 1. The molecule has 4 nitrogen and oxygen atoms in total. The Bertz CT molecular complexity index is 930. The molecule has 0 radical (unpaired) electrons. The highest BCUT2D eigenvalue weighted by molar-refractivity contribution is 5.91. The Labute approximate surface area is 174 Å². The summed E-state index contributed by atoms with van der Waals surface area (Å²) in [4.78, 5) is 19.1. The fraction of sp³-hybridized carbons (Fsp3) is 0.440. The standard InChI is InChI=1S/C25H32N2O2/c1-7-27-23-12-17(3)20(14-22(23)18(4)15-25(27,5)6)16-26-21-11-9-10-19(13-21)24(28)29-8-2/h9-14,16,18H,7-8,15H2,1-6H3. The molecule has 0 N–H and O–H groups in total. The van der Waals surface area contributed by atoms with E-state index in [0.717, 1.165) is 24.2 Å². The smallest absolute Gasteiger partial charge is 0.338 e. The van der Waals surface area contributed by atoms with Gasteiger partial charge in [-0.05, 0) is 94.0 Å². The Hall–Kier alpha value is -2.62. The highest BCUT2D eigenvalue weighted by atomic mass is 16.5. The van der Waals surface area contributed by atoms with Crippen molar-refractivity contribution in [2.45, 2.75) is 59.4 Å². The molecule has 154 valence electrons. The number of hydrogen-bond acceptors (Lipinski definition) is 4. The number of benzene rings is 2. The van der Waals surface area contributed by atoms with E-state index in [1.54, 1.807) is 19.1 Å². The van der Waals surface area contributed by atoms with Crippen LogP contribution in [-0.2, 0) is 4.74 Å². The summed E-state index contributed by atoms with van der Waals surface area (Å²) in [5.41, 5.74) is 6.49. The minimum absolute atomic E-state index is 0.163. The fourth-order valence-corrected chi connectivity index (χ4v) is 4.46. The fourth-order valence-electron chi connectivity index (χ4n) is 4.46. The Morgan fingerprint density at radius 3 is 2.72 bits per heavy atom. The van der Waals surface area contributed by atoms with Crippen LogP contribution in [0.2, 0.25) is 0 Å². The summed E-state index contributed by atoms with van der Waals surface area (Å²) in [6, 6.07) is 11.8. The largest absolute Gasteiger partial charge is 0.462 e. The zero-order valence-electron chi connectivity index (χ0n) is 18.5. The molecule has 1 aliphatic heterocycles. The predicted molar refractivity (Wildman–Crippen MR) is 121 cm³/mol. The summed E-state index contributed by atoms with van der Waals surface area (Å²) < 4.78 is 5.08. The summed E-state index contributed by atoms with van der Waals surface area (Å²) in [5, 5.41) is 0. The second kappa shape index (κ2) is 8.40. The van der Waals surface area contributed by atoms with Crippen LogP contribution in [0.15, 0.2) is 41.4 Å². The summed E-state index contributed by atoms with van der Waals surface area (Å²) >= 11 is 0. The van der Waals surface area contributed by atoms with E-state index in [0.29, 0.717) is 18.1 Å². The van der Waals surface area contributed by atoms with Crippen LogP contribution < -0.4 is 4.90 Å². The second-order valence-electron chi connectivity index (χ2n) is 8.46. The molecule has 1 heterocycles. The van der Waals surface area contributed by atoms with Crippen molar-refractivity contribution in [1.29, 1.82) is 0 Å². The predicted octanol–water partition coefficient (Wildman–Crippen LogP) is 6.03. The van der Waals surface area contributed by atoms with Gasteiger partial charge >= 0.3 is 5.97 Å². The van der Waals surface area contributed by atoms with Crippen LogP contribution in [0.4, 0.5) is 11.4 Å². The summed E-state index contributed by atoms with van der Waals surface area (Å²) in [6.07, 6.45) is 3.04. The van der Waals surface area contributed by atoms with Gasteiger partial charge in [0.25, 0.3) is 0 Å². The Kier molecular flexibility index (Phi) is 6.11.